The number of rotatable bonds is 5. The molecule has 1 aromatic rings. The number of hydrogen-bond donors (Lipinski definition) is 0. The summed E-state index contributed by atoms with van der Waals surface area (Å²) in [6.45, 7) is 3.36. The van der Waals surface area contributed by atoms with Crippen molar-refractivity contribution in [1.82, 2.24) is 0 Å². The molecule has 0 aromatic heterocycles. The van der Waals surface area contributed by atoms with Crippen LogP contribution in [0.2, 0.25) is 0 Å². The van der Waals surface area contributed by atoms with Crippen LogP contribution in [0.1, 0.15) is 12.5 Å². The predicted octanol–water partition coefficient (Wildman–Crippen LogP) is 2.55. The fourth-order valence-corrected chi connectivity index (χ4v) is 1.52. The highest BCUT2D eigenvalue weighted by Crippen LogP contribution is 2.23. The second kappa shape index (κ2) is 5.10. The highest BCUT2D eigenvalue weighted by molar-refractivity contribution is 5.13. The van der Waals surface area contributed by atoms with Gasteiger partial charge in [-0.15, -0.1) is 0 Å². The van der Waals surface area contributed by atoms with E-state index in [0.717, 1.165) is 0 Å². The maximum atomic E-state index is 5.56. The molecule has 1 heterocycles. The van der Waals surface area contributed by atoms with E-state index in [1.54, 1.807) is 0 Å². The summed E-state index contributed by atoms with van der Waals surface area (Å²) in [4.78, 5) is 0. The molecule has 1 aliphatic heterocycles. The Balaban J connectivity index is 1.64. The molecule has 1 fully saturated rings. The molecule has 0 unspecified atom stereocenters. The van der Waals surface area contributed by atoms with Crippen molar-refractivity contribution in [2.45, 2.75) is 25.7 Å². The summed E-state index contributed by atoms with van der Waals surface area (Å²) in [7, 11) is 0. The lowest BCUT2D eigenvalue weighted by molar-refractivity contribution is 0.104. The van der Waals surface area contributed by atoms with Crippen LogP contribution < -0.4 is 0 Å². The number of epoxide rings is 1. The molecule has 1 saturated heterocycles. The van der Waals surface area contributed by atoms with Crippen LogP contribution in [0.4, 0.5) is 0 Å². The van der Waals surface area contributed by atoms with Crippen LogP contribution in [-0.4, -0.2) is 18.8 Å². The van der Waals surface area contributed by atoms with E-state index in [2.05, 4.69) is 18.2 Å². The minimum Gasteiger partial charge on any atom is -0.374 e. The molecule has 0 aliphatic carbocycles. The molecule has 0 radical (unpaired) electrons. The first-order chi connectivity index (χ1) is 7.40. The third-order valence-corrected chi connectivity index (χ3v) is 2.40. The summed E-state index contributed by atoms with van der Waals surface area (Å²) >= 11 is 0. The van der Waals surface area contributed by atoms with E-state index < -0.39 is 0 Å². The Morgan fingerprint density at radius 1 is 1.33 bits per heavy atom. The first-order valence-electron chi connectivity index (χ1n) is 5.30. The maximum absolute atomic E-state index is 5.56. The molecule has 0 spiro atoms. The molecule has 2 rings (SSSR count). The Morgan fingerprint density at radius 3 is 2.87 bits per heavy atom. The Kier molecular flexibility index (Phi) is 3.54. The summed E-state index contributed by atoms with van der Waals surface area (Å²) in [5.41, 5.74) is 1.21. The molecule has 15 heavy (non-hydrogen) atoms. The van der Waals surface area contributed by atoms with E-state index >= 15 is 0 Å². The van der Waals surface area contributed by atoms with E-state index in [4.69, 9.17) is 9.47 Å². The zero-order chi connectivity index (χ0) is 10.5. The Morgan fingerprint density at radius 2 is 2.13 bits per heavy atom. The van der Waals surface area contributed by atoms with Crippen molar-refractivity contribution in [2.24, 2.45) is 0 Å². The highest BCUT2D eigenvalue weighted by Gasteiger charge is 2.36. The van der Waals surface area contributed by atoms with Gasteiger partial charge in [-0.2, -0.15) is 0 Å². The molecule has 0 N–H and O–H groups in total. The monoisotopic (exact) mass is 204 g/mol. The summed E-state index contributed by atoms with van der Waals surface area (Å²) in [5.74, 6) is 0. The van der Waals surface area contributed by atoms with Crippen LogP contribution in [0.3, 0.4) is 0 Å². The minimum atomic E-state index is 0.268. The van der Waals surface area contributed by atoms with Gasteiger partial charge in [0.2, 0.25) is 0 Å². The second-order valence-corrected chi connectivity index (χ2v) is 3.67. The summed E-state index contributed by atoms with van der Waals surface area (Å²) in [6.07, 6.45) is 4.63. The van der Waals surface area contributed by atoms with Crippen LogP contribution in [0.5, 0.6) is 0 Å². The van der Waals surface area contributed by atoms with Gasteiger partial charge in [0.25, 0.3) is 0 Å². The number of hydrogen-bond acceptors (Lipinski definition) is 2. The van der Waals surface area contributed by atoms with Crippen molar-refractivity contribution in [3.8, 4) is 0 Å². The van der Waals surface area contributed by atoms with Gasteiger partial charge in [-0.25, -0.2) is 0 Å². The quantitative estimate of drug-likeness (QED) is 0.543. The Hall–Kier alpha value is -1.12. The van der Waals surface area contributed by atoms with E-state index in [9.17, 15) is 0 Å². The van der Waals surface area contributed by atoms with Gasteiger partial charge in [-0.3, -0.25) is 0 Å². The first-order valence-corrected chi connectivity index (χ1v) is 5.30. The van der Waals surface area contributed by atoms with Crippen LogP contribution >= 0.6 is 0 Å². The first kappa shape index (κ1) is 10.4. The number of benzene rings is 1. The van der Waals surface area contributed by atoms with Gasteiger partial charge in [0.15, 0.2) is 0 Å². The van der Waals surface area contributed by atoms with Gasteiger partial charge < -0.3 is 9.47 Å². The summed E-state index contributed by atoms with van der Waals surface area (Å²) in [5, 5.41) is 0. The number of allylic oxidation sites excluding steroid dienone is 1. The fraction of sp³-hybridized carbons (Fsp3) is 0.385. The standard InChI is InChI=1S/C13H16O2/c1-2-6-12-13(15-12)10-14-9-11-7-4-3-5-8-11/h2-8,12-13H,9-10H2,1H3/b6-2-/t12-,13+/m0/s1. The fourth-order valence-electron chi connectivity index (χ4n) is 1.52. The molecular weight excluding hydrogens is 188 g/mol. The summed E-state index contributed by atoms with van der Waals surface area (Å²) < 4.78 is 10.9. The van der Waals surface area contributed by atoms with Crippen molar-refractivity contribution in [2.75, 3.05) is 6.61 Å². The zero-order valence-electron chi connectivity index (χ0n) is 8.93. The minimum absolute atomic E-state index is 0.268. The van der Waals surface area contributed by atoms with Gasteiger partial charge in [-0.1, -0.05) is 42.5 Å². The van der Waals surface area contributed by atoms with Gasteiger partial charge in [0, 0.05) is 0 Å². The molecule has 0 saturated carbocycles. The molecule has 2 atom stereocenters. The molecular formula is C13H16O2. The van der Waals surface area contributed by atoms with E-state index in [0.29, 0.717) is 13.2 Å². The Labute approximate surface area is 90.5 Å². The number of ether oxygens (including phenoxy) is 2. The third-order valence-electron chi connectivity index (χ3n) is 2.40. The normalized spacial score (nSPS) is 24.6. The SMILES string of the molecule is C/C=C\[C@@H]1O[C@@H]1COCc1ccccc1. The highest BCUT2D eigenvalue weighted by atomic mass is 16.6. The van der Waals surface area contributed by atoms with Gasteiger partial charge in [-0.05, 0) is 12.5 Å². The van der Waals surface area contributed by atoms with E-state index in [1.165, 1.54) is 5.56 Å². The average Bonchev–Trinajstić information content (AvgIpc) is 2.99. The Bertz CT molecular complexity index is 319. The second-order valence-electron chi connectivity index (χ2n) is 3.67. The molecule has 2 nitrogen and oxygen atoms in total. The van der Waals surface area contributed by atoms with Gasteiger partial charge in [0.05, 0.1) is 13.2 Å². The van der Waals surface area contributed by atoms with E-state index in [-0.39, 0.29) is 12.2 Å². The van der Waals surface area contributed by atoms with Crippen molar-refractivity contribution in [3.05, 3.63) is 48.0 Å². The van der Waals surface area contributed by atoms with Crippen molar-refractivity contribution in [3.63, 3.8) is 0 Å². The lowest BCUT2D eigenvalue weighted by atomic mass is 10.2. The van der Waals surface area contributed by atoms with Crippen molar-refractivity contribution in [1.29, 1.82) is 0 Å². The third kappa shape index (κ3) is 3.18. The predicted molar refractivity (Wildman–Crippen MR) is 59.6 cm³/mol. The van der Waals surface area contributed by atoms with Crippen LogP contribution in [0.25, 0.3) is 0 Å². The maximum Gasteiger partial charge on any atom is 0.111 e. The molecule has 0 amide bonds. The van der Waals surface area contributed by atoms with Gasteiger partial charge >= 0.3 is 0 Å². The largest absolute Gasteiger partial charge is 0.374 e. The summed E-state index contributed by atoms with van der Waals surface area (Å²) in [6, 6.07) is 10.2. The van der Waals surface area contributed by atoms with Crippen LogP contribution in [0.15, 0.2) is 42.5 Å². The van der Waals surface area contributed by atoms with Crippen molar-refractivity contribution < 1.29 is 9.47 Å². The molecule has 0 bridgehead atoms. The van der Waals surface area contributed by atoms with Crippen molar-refractivity contribution >= 4 is 0 Å². The zero-order valence-corrected chi connectivity index (χ0v) is 8.93. The average molecular weight is 204 g/mol. The van der Waals surface area contributed by atoms with Crippen LogP contribution in [0, 0.1) is 0 Å². The molecule has 80 valence electrons. The van der Waals surface area contributed by atoms with E-state index in [1.807, 2.05) is 31.2 Å². The molecule has 1 aliphatic rings. The van der Waals surface area contributed by atoms with Crippen LogP contribution in [-0.2, 0) is 16.1 Å². The topological polar surface area (TPSA) is 21.8 Å². The lowest BCUT2D eigenvalue weighted by Gasteiger charge is -2.01. The molecule has 2 heteroatoms. The smallest absolute Gasteiger partial charge is 0.111 e. The van der Waals surface area contributed by atoms with Gasteiger partial charge in [0.1, 0.15) is 12.2 Å². The lowest BCUT2D eigenvalue weighted by Crippen LogP contribution is -2.03. The molecule has 1 aromatic carbocycles.